The lowest BCUT2D eigenvalue weighted by atomic mass is 9.99. The Morgan fingerprint density at radius 3 is 2.80 bits per heavy atom. The van der Waals surface area contributed by atoms with Crippen molar-refractivity contribution in [3.63, 3.8) is 0 Å². The first kappa shape index (κ1) is 17.0. The van der Waals surface area contributed by atoms with Gasteiger partial charge in [-0.15, -0.1) is 22.7 Å². The summed E-state index contributed by atoms with van der Waals surface area (Å²) in [7, 11) is 0. The maximum atomic E-state index is 12.7. The van der Waals surface area contributed by atoms with E-state index >= 15 is 0 Å². The van der Waals surface area contributed by atoms with Crippen LogP contribution in [-0.2, 0) is 0 Å². The predicted molar refractivity (Wildman–Crippen MR) is 106 cm³/mol. The number of piperidine rings is 1. The van der Waals surface area contributed by atoms with Crippen LogP contribution in [0.1, 0.15) is 28.3 Å². The van der Waals surface area contributed by atoms with Gasteiger partial charge in [-0.25, -0.2) is 9.97 Å². The van der Waals surface area contributed by atoms with Crippen molar-refractivity contribution in [2.75, 3.05) is 18.8 Å². The predicted octanol–water partition coefficient (Wildman–Crippen LogP) is 4.71. The molecule has 1 amide bonds. The largest absolute Gasteiger partial charge is 0.337 e. The summed E-state index contributed by atoms with van der Waals surface area (Å²) in [5.74, 6) is 1.84. The van der Waals surface area contributed by atoms with Crippen molar-refractivity contribution in [2.24, 2.45) is 5.92 Å². The fourth-order valence-corrected chi connectivity index (χ4v) is 5.98. The Labute approximate surface area is 159 Å². The smallest absolute Gasteiger partial charge is 0.282 e. The molecule has 1 aromatic carbocycles. The number of benzene rings is 1. The lowest BCUT2D eigenvalue weighted by Crippen LogP contribution is -2.38. The zero-order valence-electron chi connectivity index (χ0n) is 14.0. The van der Waals surface area contributed by atoms with E-state index < -0.39 is 0 Å². The maximum Gasteiger partial charge on any atom is 0.282 e. The second-order valence-corrected chi connectivity index (χ2v) is 9.44. The van der Waals surface area contributed by atoms with E-state index in [4.69, 9.17) is 0 Å². The lowest BCUT2D eigenvalue weighted by molar-refractivity contribution is 0.0698. The second kappa shape index (κ2) is 7.43. The SMILES string of the molecule is Cc1csc(SCC2CCN(C(=O)c3nc4ccccc4s3)CC2)n1. The normalized spacial score (nSPS) is 15.8. The first-order valence-electron chi connectivity index (χ1n) is 8.39. The van der Waals surface area contributed by atoms with E-state index in [2.05, 4.69) is 15.3 Å². The summed E-state index contributed by atoms with van der Waals surface area (Å²) in [6, 6.07) is 7.94. The van der Waals surface area contributed by atoms with E-state index in [1.54, 1.807) is 11.3 Å². The van der Waals surface area contributed by atoms with Crippen LogP contribution in [0, 0.1) is 12.8 Å². The van der Waals surface area contributed by atoms with Crippen molar-refractivity contribution < 1.29 is 4.79 Å². The third-order valence-corrected chi connectivity index (χ3v) is 7.81. The number of carbonyl (C=O) groups is 1. The Balaban J connectivity index is 1.32. The summed E-state index contributed by atoms with van der Waals surface area (Å²) in [5, 5.41) is 2.72. The maximum absolute atomic E-state index is 12.7. The highest BCUT2D eigenvalue weighted by Crippen LogP contribution is 2.30. The fourth-order valence-electron chi connectivity index (χ4n) is 2.99. The number of aromatic nitrogens is 2. The zero-order chi connectivity index (χ0) is 17.2. The highest BCUT2D eigenvalue weighted by molar-refractivity contribution is 8.01. The summed E-state index contributed by atoms with van der Waals surface area (Å²) in [5.41, 5.74) is 2.02. The summed E-state index contributed by atoms with van der Waals surface area (Å²) < 4.78 is 2.24. The van der Waals surface area contributed by atoms with Crippen molar-refractivity contribution in [3.8, 4) is 0 Å². The van der Waals surface area contributed by atoms with Gasteiger partial charge < -0.3 is 4.90 Å². The van der Waals surface area contributed by atoms with Crippen molar-refractivity contribution in [1.29, 1.82) is 0 Å². The number of fused-ring (bicyclic) bond motifs is 1. The number of hydrogen-bond donors (Lipinski definition) is 0. The van der Waals surface area contributed by atoms with Gasteiger partial charge in [0.15, 0.2) is 5.01 Å². The molecule has 130 valence electrons. The molecule has 3 aromatic rings. The number of thioether (sulfide) groups is 1. The molecule has 1 aliphatic heterocycles. The van der Waals surface area contributed by atoms with Gasteiger partial charge in [-0.2, -0.15) is 0 Å². The molecule has 0 bridgehead atoms. The molecule has 0 saturated carbocycles. The van der Waals surface area contributed by atoms with Crippen LogP contribution in [0.3, 0.4) is 0 Å². The first-order chi connectivity index (χ1) is 12.2. The minimum atomic E-state index is 0.0860. The van der Waals surface area contributed by atoms with E-state index in [0.717, 1.165) is 51.9 Å². The van der Waals surface area contributed by atoms with E-state index in [1.165, 1.54) is 11.3 Å². The second-order valence-electron chi connectivity index (χ2n) is 6.29. The first-order valence-corrected chi connectivity index (χ1v) is 11.1. The summed E-state index contributed by atoms with van der Waals surface area (Å²) in [6.45, 7) is 3.69. The van der Waals surface area contributed by atoms with Crippen LogP contribution >= 0.6 is 34.4 Å². The Morgan fingerprint density at radius 2 is 2.08 bits per heavy atom. The van der Waals surface area contributed by atoms with Gasteiger partial charge in [0.1, 0.15) is 4.34 Å². The van der Waals surface area contributed by atoms with E-state index in [1.807, 2.05) is 47.9 Å². The average molecular weight is 390 g/mol. The van der Waals surface area contributed by atoms with Gasteiger partial charge >= 0.3 is 0 Å². The van der Waals surface area contributed by atoms with Crippen molar-refractivity contribution in [3.05, 3.63) is 40.3 Å². The van der Waals surface area contributed by atoms with Crippen molar-refractivity contribution in [1.82, 2.24) is 14.9 Å². The quantitative estimate of drug-likeness (QED) is 0.607. The summed E-state index contributed by atoms with van der Waals surface area (Å²) in [6.07, 6.45) is 2.13. The van der Waals surface area contributed by atoms with Crippen LogP contribution in [0.25, 0.3) is 10.2 Å². The topological polar surface area (TPSA) is 46.1 Å². The third-order valence-electron chi connectivity index (χ3n) is 4.42. The molecule has 1 saturated heterocycles. The third kappa shape index (κ3) is 3.88. The zero-order valence-corrected chi connectivity index (χ0v) is 16.4. The highest BCUT2D eigenvalue weighted by Gasteiger charge is 2.25. The molecule has 0 unspecified atom stereocenters. The number of aryl methyl sites for hydroxylation is 1. The molecule has 4 rings (SSSR count). The molecule has 7 heteroatoms. The van der Waals surface area contributed by atoms with Gasteiger partial charge in [0.2, 0.25) is 0 Å². The molecule has 25 heavy (non-hydrogen) atoms. The Hall–Kier alpha value is -1.44. The molecule has 0 radical (unpaired) electrons. The Bertz CT molecular complexity index is 847. The minimum Gasteiger partial charge on any atom is -0.337 e. The number of likely N-dealkylation sites (tertiary alicyclic amines) is 1. The standard InChI is InChI=1S/C18H19N3OS3/c1-12-10-23-18(19-12)24-11-13-6-8-21(9-7-13)17(22)16-20-14-4-2-3-5-15(14)25-16/h2-5,10,13H,6-9,11H2,1H3. The van der Waals surface area contributed by atoms with Gasteiger partial charge in [-0.3, -0.25) is 4.79 Å². The monoisotopic (exact) mass is 389 g/mol. The van der Waals surface area contributed by atoms with Crippen molar-refractivity contribution >= 4 is 50.6 Å². The van der Waals surface area contributed by atoms with Gasteiger partial charge in [-0.05, 0) is 37.8 Å². The van der Waals surface area contributed by atoms with Crippen LogP contribution in [0.15, 0.2) is 34.0 Å². The average Bonchev–Trinajstić information content (AvgIpc) is 3.25. The molecular formula is C18H19N3OS3. The fraction of sp³-hybridized carbons (Fsp3) is 0.389. The van der Waals surface area contributed by atoms with E-state index in [-0.39, 0.29) is 5.91 Å². The van der Waals surface area contributed by atoms with Crippen LogP contribution in [-0.4, -0.2) is 39.6 Å². The van der Waals surface area contributed by atoms with Crippen LogP contribution in [0.2, 0.25) is 0 Å². The molecule has 0 aliphatic carbocycles. The molecule has 1 aliphatic rings. The van der Waals surface area contributed by atoms with Crippen LogP contribution in [0.4, 0.5) is 0 Å². The summed E-state index contributed by atoms with van der Waals surface area (Å²) in [4.78, 5) is 23.7. The number of hydrogen-bond acceptors (Lipinski definition) is 6. The molecule has 0 spiro atoms. The number of rotatable bonds is 4. The van der Waals surface area contributed by atoms with E-state index in [9.17, 15) is 4.79 Å². The minimum absolute atomic E-state index is 0.0860. The number of carbonyl (C=O) groups excluding carboxylic acids is 1. The van der Waals surface area contributed by atoms with Crippen LogP contribution in [0.5, 0.6) is 0 Å². The number of para-hydroxylation sites is 1. The molecule has 2 aromatic heterocycles. The van der Waals surface area contributed by atoms with Gasteiger partial charge in [0.05, 0.1) is 10.2 Å². The van der Waals surface area contributed by atoms with E-state index in [0.29, 0.717) is 10.9 Å². The Kier molecular flexibility index (Phi) is 5.05. The molecule has 0 N–H and O–H groups in total. The molecule has 3 heterocycles. The van der Waals surface area contributed by atoms with Gasteiger partial charge in [-0.1, -0.05) is 23.9 Å². The number of amides is 1. The molecule has 0 atom stereocenters. The Morgan fingerprint density at radius 1 is 1.28 bits per heavy atom. The number of nitrogens with zero attached hydrogens (tertiary/aromatic N) is 3. The lowest BCUT2D eigenvalue weighted by Gasteiger charge is -2.31. The summed E-state index contributed by atoms with van der Waals surface area (Å²) >= 11 is 5.07. The molecular weight excluding hydrogens is 370 g/mol. The van der Waals surface area contributed by atoms with Gasteiger partial charge in [0, 0.05) is 29.9 Å². The number of thiazole rings is 2. The van der Waals surface area contributed by atoms with Crippen LogP contribution < -0.4 is 0 Å². The molecule has 1 fully saturated rings. The van der Waals surface area contributed by atoms with Crippen molar-refractivity contribution in [2.45, 2.75) is 24.1 Å². The highest BCUT2D eigenvalue weighted by atomic mass is 32.2. The molecule has 4 nitrogen and oxygen atoms in total. The van der Waals surface area contributed by atoms with Gasteiger partial charge in [0.25, 0.3) is 5.91 Å².